The number of amides is 1. The fraction of sp³-hybridized carbons (Fsp3) is 0.353. The average Bonchev–Trinajstić information content (AvgIpc) is 3.05. The van der Waals surface area contributed by atoms with Crippen LogP contribution >= 0.6 is 22.9 Å². The van der Waals surface area contributed by atoms with Crippen molar-refractivity contribution >= 4 is 28.8 Å². The molecular weight excluding hydrogens is 335 g/mol. The van der Waals surface area contributed by atoms with Gasteiger partial charge in [-0.25, -0.2) is 4.39 Å². The maximum absolute atomic E-state index is 13.1. The van der Waals surface area contributed by atoms with Gasteiger partial charge in [0, 0.05) is 6.54 Å². The van der Waals surface area contributed by atoms with Crippen molar-refractivity contribution in [3.63, 3.8) is 0 Å². The maximum atomic E-state index is 13.1. The van der Waals surface area contributed by atoms with E-state index in [1.165, 1.54) is 17.7 Å². The molecule has 1 aromatic carbocycles. The number of likely N-dealkylation sites (N-methyl/N-ethyl adjacent to an activating group) is 1. The van der Waals surface area contributed by atoms with E-state index in [1.807, 2.05) is 5.38 Å². The second kappa shape index (κ2) is 8.43. The van der Waals surface area contributed by atoms with Gasteiger partial charge in [0.25, 0.3) is 5.91 Å². The van der Waals surface area contributed by atoms with Crippen LogP contribution in [-0.2, 0) is 0 Å². The second-order valence-corrected chi connectivity index (χ2v) is 6.32. The van der Waals surface area contributed by atoms with E-state index in [1.54, 1.807) is 11.3 Å². The number of carbonyl (C=O) groups excluding carboxylic acids is 1. The van der Waals surface area contributed by atoms with Gasteiger partial charge in [-0.05, 0) is 53.7 Å². The maximum Gasteiger partial charge on any atom is 0.252 e. The SMILES string of the molecule is CCN(CC)[C@H](CNC(=O)c1ccc(F)cc1Cl)c1ccsc1. The molecule has 0 saturated heterocycles. The molecule has 1 atom stereocenters. The molecule has 0 aliphatic carbocycles. The van der Waals surface area contributed by atoms with Gasteiger partial charge in [0.2, 0.25) is 0 Å². The van der Waals surface area contributed by atoms with E-state index in [4.69, 9.17) is 11.6 Å². The topological polar surface area (TPSA) is 32.3 Å². The summed E-state index contributed by atoms with van der Waals surface area (Å²) in [5, 5.41) is 7.17. The predicted octanol–water partition coefficient (Wildman–Crippen LogP) is 4.35. The molecule has 1 amide bonds. The first kappa shape index (κ1) is 17.9. The molecule has 124 valence electrons. The number of hydrogen-bond acceptors (Lipinski definition) is 3. The molecule has 2 rings (SSSR count). The lowest BCUT2D eigenvalue weighted by Gasteiger charge is -2.29. The van der Waals surface area contributed by atoms with Crippen molar-refractivity contribution < 1.29 is 9.18 Å². The van der Waals surface area contributed by atoms with Crippen LogP contribution in [0.2, 0.25) is 5.02 Å². The van der Waals surface area contributed by atoms with E-state index in [0.717, 1.165) is 19.2 Å². The van der Waals surface area contributed by atoms with Gasteiger partial charge in [0.1, 0.15) is 5.82 Å². The molecule has 0 radical (unpaired) electrons. The monoisotopic (exact) mass is 354 g/mol. The van der Waals surface area contributed by atoms with E-state index in [9.17, 15) is 9.18 Å². The lowest BCUT2D eigenvalue weighted by atomic mass is 10.1. The van der Waals surface area contributed by atoms with Crippen LogP contribution in [0.15, 0.2) is 35.0 Å². The lowest BCUT2D eigenvalue weighted by molar-refractivity contribution is 0.0935. The van der Waals surface area contributed by atoms with Crippen LogP contribution in [0.4, 0.5) is 4.39 Å². The molecule has 1 N–H and O–H groups in total. The quantitative estimate of drug-likeness (QED) is 0.801. The Kier molecular flexibility index (Phi) is 6.57. The minimum atomic E-state index is -0.453. The molecule has 0 unspecified atom stereocenters. The van der Waals surface area contributed by atoms with E-state index in [2.05, 4.69) is 35.5 Å². The summed E-state index contributed by atoms with van der Waals surface area (Å²) in [6, 6.07) is 5.98. The Labute approximate surface area is 145 Å². The molecule has 1 heterocycles. The Bertz CT molecular complexity index is 644. The van der Waals surface area contributed by atoms with Crippen molar-refractivity contribution in [2.75, 3.05) is 19.6 Å². The molecular formula is C17H20ClFN2OS. The first-order valence-corrected chi connectivity index (χ1v) is 8.88. The van der Waals surface area contributed by atoms with Crippen molar-refractivity contribution in [1.29, 1.82) is 0 Å². The van der Waals surface area contributed by atoms with Gasteiger partial charge in [0.15, 0.2) is 0 Å². The van der Waals surface area contributed by atoms with E-state index < -0.39 is 5.82 Å². The standard InChI is InChI=1S/C17H20ClFN2OS/c1-3-21(4-2)16(12-7-8-23-11-12)10-20-17(22)14-6-5-13(19)9-15(14)18/h5-9,11,16H,3-4,10H2,1-2H3,(H,20,22)/t16-/m1/s1. The zero-order valence-corrected chi connectivity index (χ0v) is 14.8. The number of hydrogen-bond donors (Lipinski definition) is 1. The molecule has 0 fully saturated rings. The Morgan fingerprint density at radius 2 is 2.09 bits per heavy atom. The molecule has 1 aromatic heterocycles. The highest BCUT2D eigenvalue weighted by atomic mass is 35.5. The van der Waals surface area contributed by atoms with Crippen LogP contribution in [0.3, 0.4) is 0 Å². The molecule has 23 heavy (non-hydrogen) atoms. The summed E-state index contributed by atoms with van der Waals surface area (Å²) in [6.45, 7) is 6.46. The summed E-state index contributed by atoms with van der Waals surface area (Å²) in [5.74, 6) is -0.742. The largest absolute Gasteiger partial charge is 0.350 e. The number of thiophene rings is 1. The summed E-state index contributed by atoms with van der Waals surface area (Å²) < 4.78 is 13.1. The highest BCUT2D eigenvalue weighted by Gasteiger charge is 2.20. The van der Waals surface area contributed by atoms with Gasteiger partial charge in [-0.15, -0.1) is 0 Å². The van der Waals surface area contributed by atoms with Crippen LogP contribution in [0.1, 0.15) is 35.8 Å². The van der Waals surface area contributed by atoms with Crippen LogP contribution in [-0.4, -0.2) is 30.4 Å². The summed E-state index contributed by atoms with van der Waals surface area (Å²) >= 11 is 7.59. The fourth-order valence-electron chi connectivity index (χ4n) is 2.54. The average molecular weight is 355 g/mol. The van der Waals surface area contributed by atoms with Gasteiger partial charge in [0.05, 0.1) is 16.6 Å². The van der Waals surface area contributed by atoms with Gasteiger partial charge in [-0.3, -0.25) is 9.69 Å². The molecule has 2 aromatic rings. The predicted molar refractivity (Wildman–Crippen MR) is 93.7 cm³/mol. The normalized spacial score (nSPS) is 12.4. The van der Waals surface area contributed by atoms with Gasteiger partial charge < -0.3 is 5.32 Å². The summed E-state index contributed by atoms with van der Waals surface area (Å²) in [4.78, 5) is 14.6. The Morgan fingerprint density at radius 1 is 1.35 bits per heavy atom. The number of halogens is 2. The van der Waals surface area contributed by atoms with Crippen LogP contribution in [0.25, 0.3) is 0 Å². The van der Waals surface area contributed by atoms with Crippen LogP contribution in [0, 0.1) is 5.82 Å². The molecule has 3 nitrogen and oxygen atoms in total. The fourth-order valence-corrected chi connectivity index (χ4v) is 3.51. The Hall–Kier alpha value is -1.43. The molecule has 0 saturated carbocycles. The van der Waals surface area contributed by atoms with E-state index in [0.29, 0.717) is 6.54 Å². The third-order valence-electron chi connectivity index (χ3n) is 3.81. The van der Waals surface area contributed by atoms with Gasteiger partial charge >= 0.3 is 0 Å². The summed E-state index contributed by atoms with van der Waals surface area (Å²) in [5.41, 5.74) is 1.47. The molecule has 0 spiro atoms. The van der Waals surface area contributed by atoms with Crippen molar-refractivity contribution in [3.05, 3.63) is 57.0 Å². The van der Waals surface area contributed by atoms with Gasteiger partial charge in [-0.2, -0.15) is 11.3 Å². The zero-order chi connectivity index (χ0) is 16.8. The number of nitrogens with zero attached hydrogens (tertiary/aromatic N) is 1. The molecule has 0 aliphatic rings. The van der Waals surface area contributed by atoms with Crippen molar-refractivity contribution in [1.82, 2.24) is 10.2 Å². The van der Waals surface area contributed by atoms with Crippen molar-refractivity contribution in [2.24, 2.45) is 0 Å². The zero-order valence-electron chi connectivity index (χ0n) is 13.2. The minimum Gasteiger partial charge on any atom is -0.350 e. The lowest BCUT2D eigenvalue weighted by Crippen LogP contribution is -2.38. The number of benzene rings is 1. The highest BCUT2D eigenvalue weighted by Crippen LogP contribution is 2.23. The number of carbonyl (C=O) groups is 1. The van der Waals surface area contributed by atoms with Crippen LogP contribution in [0.5, 0.6) is 0 Å². The third-order valence-corrected chi connectivity index (χ3v) is 4.83. The van der Waals surface area contributed by atoms with Crippen molar-refractivity contribution in [2.45, 2.75) is 19.9 Å². The number of nitrogens with one attached hydrogen (secondary N) is 1. The summed E-state index contributed by atoms with van der Waals surface area (Å²) in [6.07, 6.45) is 0. The van der Waals surface area contributed by atoms with Crippen molar-refractivity contribution in [3.8, 4) is 0 Å². The first-order chi connectivity index (χ1) is 11.1. The number of rotatable bonds is 7. The Morgan fingerprint density at radius 3 is 2.65 bits per heavy atom. The third kappa shape index (κ3) is 4.53. The minimum absolute atomic E-state index is 0.111. The van der Waals surface area contributed by atoms with Crippen LogP contribution < -0.4 is 5.32 Å². The summed E-state index contributed by atoms with van der Waals surface area (Å²) in [7, 11) is 0. The van der Waals surface area contributed by atoms with E-state index >= 15 is 0 Å². The van der Waals surface area contributed by atoms with Gasteiger partial charge in [-0.1, -0.05) is 25.4 Å². The molecule has 6 heteroatoms. The van der Waals surface area contributed by atoms with E-state index in [-0.39, 0.29) is 22.5 Å². The smallest absolute Gasteiger partial charge is 0.252 e. The highest BCUT2D eigenvalue weighted by molar-refractivity contribution is 7.07. The molecule has 0 aliphatic heterocycles. The molecule has 0 bridgehead atoms. The second-order valence-electron chi connectivity index (χ2n) is 5.13. The first-order valence-electron chi connectivity index (χ1n) is 7.56. The Balaban J connectivity index is 2.10.